The summed E-state index contributed by atoms with van der Waals surface area (Å²) in [5.74, 6) is 0. The fourth-order valence-corrected chi connectivity index (χ4v) is 9.91. The molecule has 23 heteroatoms. The van der Waals surface area contributed by atoms with Gasteiger partial charge in [0, 0.05) is 121 Å². The van der Waals surface area contributed by atoms with E-state index in [1.165, 1.54) is 69.0 Å². The van der Waals surface area contributed by atoms with Crippen LogP contribution in [0.5, 0.6) is 0 Å². The molecule has 1 heterocycles. The Kier molecular flexibility index (Phi) is 19.1. The first-order chi connectivity index (χ1) is 23.6. The second-order valence-electron chi connectivity index (χ2n) is 11.4. The van der Waals surface area contributed by atoms with Crippen molar-refractivity contribution in [2.24, 2.45) is 0 Å². The second kappa shape index (κ2) is 21.1. The van der Waals surface area contributed by atoms with Gasteiger partial charge in [-0.05, 0) is 12.0 Å². The van der Waals surface area contributed by atoms with Gasteiger partial charge in [0.25, 0.3) is 5.69 Å². The van der Waals surface area contributed by atoms with Crippen molar-refractivity contribution in [3.8, 4) is 0 Å². The van der Waals surface area contributed by atoms with Gasteiger partial charge in [0.05, 0.1) is 4.92 Å². The number of non-ortho nitro benzene ring substituents is 1. The van der Waals surface area contributed by atoms with Gasteiger partial charge in [0.2, 0.25) is 0 Å². The van der Waals surface area contributed by atoms with E-state index in [1.54, 1.807) is 12.1 Å². The maximum Gasteiger partial charge on any atom is 0.344 e. The number of hydrogen-bond donors (Lipinski definition) is 0. The number of hydrogen-bond acceptors (Lipinski definition) is 18. The molecule has 0 N–H and O–H groups in total. The molecule has 1 atom stereocenters. The molecule has 50 heavy (non-hydrogen) atoms. The average Bonchev–Trinajstić information content (AvgIpc) is 3.12. The Bertz CT molecular complexity index is 1360. The fourth-order valence-electron chi connectivity index (χ4n) is 5.28. The highest BCUT2D eigenvalue weighted by atomic mass is 31.2. The lowest BCUT2D eigenvalue weighted by atomic mass is 10.0. The quantitative estimate of drug-likeness (QED) is 0.108. The van der Waals surface area contributed by atoms with Crippen molar-refractivity contribution in [1.29, 1.82) is 0 Å². The Morgan fingerprint density at radius 2 is 0.920 bits per heavy atom. The van der Waals surface area contributed by atoms with Crippen LogP contribution in [-0.2, 0) is 60.9 Å². The predicted molar refractivity (Wildman–Crippen MR) is 188 cm³/mol. The van der Waals surface area contributed by atoms with Crippen molar-refractivity contribution in [3.63, 3.8) is 0 Å². The third kappa shape index (κ3) is 14.1. The molecular weight excluding hydrogens is 742 g/mol. The molecule has 1 aliphatic heterocycles. The van der Waals surface area contributed by atoms with E-state index in [1.807, 2.05) is 19.6 Å². The Morgan fingerprint density at radius 3 is 1.30 bits per heavy atom. The Labute approximate surface area is 295 Å². The zero-order valence-electron chi connectivity index (χ0n) is 30.1. The number of nitrogens with zero attached hydrogens (tertiary/aromatic N) is 5. The van der Waals surface area contributed by atoms with Crippen LogP contribution >= 0.6 is 30.4 Å². The molecule has 1 aromatic carbocycles. The van der Waals surface area contributed by atoms with Crippen molar-refractivity contribution in [2.75, 3.05) is 128 Å². The van der Waals surface area contributed by atoms with E-state index in [0.717, 1.165) is 5.56 Å². The molecule has 290 valence electrons. The average molecular weight is 796 g/mol. The third-order valence-electron chi connectivity index (χ3n) is 8.47. The Morgan fingerprint density at radius 1 is 0.580 bits per heavy atom. The molecule has 2 rings (SSSR count). The van der Waals surface area contributed by atoms with E-state index >= 15 is 0 Å². The highest BCUT2D eigenvalue weighted by Gasteiger charge is 2.36. The van der Waals surface area contributed by atoms with Crippen LogP contribution in [0, 0.1) is 10.1 Å². The van der Waals surface area contributed by atoms with Gasteiger partial charge in [-0.15, -0.1) is 0 Å². The molecular formula is C27H53N5O14P4. The zero-order chi connectivity index (χ0) is 37.6. The standard InChI is InChI=1S/C27H53N5O14P4/c1-39-47(35,40-2)21-28-13-14-29(22-48(36,41-3)42-4)17-18-31(24-50(38,45-7)46-8)27(19-25-9-11-26(12-10-25)32(33)34)20-30(16-15-28)23-49(37,43-5)44-6/h9-12,27H,13-24H2,1-8H3. The summed E-state index contributed by atoms with van der Waals surface area (Å²) in [6.07, 6.45) is -0.0941. The van der Waals surface area contributed by atoms with Gasteiger partial charge in [0.1, 0.15) is 25.1 Å². The van der Waals surface area contributed by atoms with Crippen LogP contribution in [0.4, 0.5) is 5.69 Å². The van der Waals surface area contributed by atoms with Crippen molar-refractivity contribution >= 4 is 36.1 Å². The first kappa shape index (κ1) is 45.2. The Balaban J connectivity index is 2.70. The third-order valence-corrected chi connectivity index (χ3v) is 15.9. The van der Waals surface area contributed by atoms with E-state index in [-0.39, 0.29) is 57.0 Å². The minimum Gasteiger partial charge on any atom is -0.311 e. The van der Waals surface area contributed by atoms with Gasteiger partial charge in [-0.3, -0.25) is 48.0 Å². The predicted octanol–water partition coefficient (Wildman–Crippen LogP) is 4.50. The molecule has 0 aromatic heterocycles. The van der Waals surface area contributed by atoms with Crippen LogP contribution in [0.1, 0.15) is 5.56 Å². The first-order valence-corrected chi connectivity index (χ1v) is 22.5. The summed E-state index contributed by atoms with van der Waals surface area (Å²) in [6, 6.07) is 5.62. The highest BCUT2D eigenvalue weighted by Crippen LogP contribution is 2.50. The zero-order valence-corrected chi connectivity index (χ0v) is 33.7. The minimum absolute atomic E-state index is 0.0662. The summed E-state index contributed by atoms with van der Waals surface area (Å²) in [5, 5.41) is 11.4. The van der Waals surface area contributed by atoms with E-state index in [9.17, 15) is 28.4 Å². The minimum atomic E-state index is -3.65. The lowest BCUT2D eigenvalue weighted by Gasteiger charge is -2.40. The summed E-state index contributed by atoms with van der Waals surface area (Å²) in [5.41, 5.74) is 0.669. The maximum atomic E-state index is 13.6. The molecule has 1 unspecified atom stereocenters. The molecule has 0 bridgehead atoms. The van der Waals surface area contributed by atoms with Crippen molar-refractivity contribution in [1.82, 2.24) is 19.6 Å². The van der Waals surface area contributed by atoms with E-state index in [2.05, 4.69) is 0 Å². The molecule has 0 aliphatic carbocycles. The lowest BCUT2D eigenvalue weighted by Crippen LogP contribution is -2.51. The van der Waals surface area contributed by atoms with Crippen molar-refractivity contribution < 1.29 is 59.4 Å². The van der Waals surface area contributed by atoms with Gasteiger partial charge in [-0.1, -0.05) is 12.1 Å². The van der Waals surface area contributed by atoms with Crippen LogP contribution in [0.25, 0.3) is 0 Å². The van der Waals surface area contributed by atoms with Gasteiger partial charge in [0.15, 0.2) is 0 Å². The first-order valence-electron chi connectivity index (χ1n) is 15.5. The van der Waals surface area contributed by atoms with Crippen LogP contribution in [-0.4, -0.2) is 158 Å². The highest BCUT2D eigenvalue weighted by molar-refractivity contribution is 7.54. The molecule has 0 amide bonds. The monoisotopic (exact) mass is 795 g/mol. The molecule has 1 fully saturated rings. The largest absolute Gasteiger partial charge is 0.344 e. The summed E-state index contributed by atoms with van der Waals surface area (Å²) in [6.45, 7) is 1.94. The van der Waals surface area contributed by atoms with E-state index in [4.69, 9.17) is 36.2 Å². The molecule has 19 nitrogen and oxygen atoms in total. The molecule has 0 saturated carbocycles. The number of rotatable bonds is 19. The number of nitro groups is 1. The van der Waals surface area contributed by atoms with Crippen LogP contribution < -0.4 is 0 Å². The Hall–Kier alpha value is -0.940. The molecule has 1 aromatic rings. The smallest absolute Gasteiger partial charge is 0.311 e. The molecule has 1 saturated heterocycles. The topological polar surface area (TPSA) is 198 Å². The number of nitro benzene ring substituents is 1. The lowest BCUT2D eigenvalue weighted by molar-refractivity contribution is -0.384. The van der Waals surface area contributed by atoms with Crippen LogP contribution in [0.3, 0.4) is 0 Å². The van der Waals surface area contributed by atoms with Crippen LogP contribution in [0.15, 0.2) is 24.3 Å². The van der Waals surface area contributed by atoms with Crippen molar-refractivity contribution in [3.05, 3.63) is 39.9 Å². The van der Waals surface area contributed by atoms with Gasteiger partial charge < -0.3 is 36.2 Å². The normalized spacial score (nSPS) is 19.2. The van der Waals surface area contributed by atoms with Crippen LogP contribution in [0.2, 0.25) is 0 Å². The second-order valence-corrected chi connectivity index (χ2v) is 20.3. The number of benzene rings is 1. The summed E-state index contributed by atoms with van der Waals surface area (Å²) < 4.78 is 95.9. The molecule has 0 radical (unpaired) electrons. The maximum absolute atomic E-state index is 13.6. The van der Waals surface area contributed by atoms with E-state index < -0.39 is 41.3 Å². The van der Waals surface area contributed by atoms with Gasteiger partial charge >= 0.3 is 30.4 Å². The summed E-state index contributed by atoms with van der Waals surface area (Å²) in [4.78, 5) is 18.4. The molecule has 0 spiro atoms. The van der Waals surface area contributed by atoms with E-state index in [0.29, 0.717) is 26.1 Å². The van der Waals surface area contributed by atoms with Gasteiger partial charge in [-0.25, -0.2) is 0 Å². The SMILES string of the molecule is COP(=O)(CN1CCN(CP(=O)(OC)OC)CCN(CP(=O)(OC)OC)C(Cc2ccc([N+](=O)[O-])cc2)CN(CP(=O)(OC)OC)CC1)OC. The van der Waals surface area contributed by atoms with Gasteiger partial charge in [-0.2, -0.15) is 0 Å². The summed E-state index contributed by atoms with van der Waals surface area (Å²) in [7, 11) is -3.93. The molecule has 1 aliphatic rings. The van der Waals surface area contributed by atoms with Crippen molar-refractivity contribution in [2.45, 2.75) is 12.5 Å². The summed E-state index contributed by atoms with van der Waals surface area (Å²) >= 11 is 0. The fraction of sp³-hybridized carbons (Fsp3) is 0.778.